The van der Waals surface area contributed by atoms with Crippen LogP contribution in [-0.4, -0.2) is 49.6 Å². The molecule has 1 saturated heterocycles. The molecule has 0 aliphatic carbocycles. The van der Waals surface area contributed by atoms with E-state index in [-0.39, 0.29) is 0 Å². The third-order valence-electron chi connectivity index (χ3n) is 4.99. The Labute approximate surface area is 123 Å². The predicted octanol–water partition coefficient (Wildman–Crippen LogP) is 2.25. The highest BCUT2D eigenvalue weighted by Gasteiger charge is 2.29. The first-order chi connectivity index (χ1) is 9.75. The fraction of sp³-hybridized carbons (Fsp3) is 0.647. The van der Waals surface area contributed by atoms with Gasteiger partial charge in [-0.15, -0.1) is 0 Å². The molecular formula is C17H27N3. The lowest BCUT2D eigenvalue weighted by Gasteiger charge is -2.40. The maximum atomic E-state index is 3.56. The molecule has 2 heterocycles. The van der Waals surface area contributed by atoms with Gasteiger partial charge in [0, 0.05) is 25.2 Å². The maximum Gasteiger partial charge on any atom is 0.0363 e. The standard InChI is InChI=1S/C17H27N3/c1-19-11-5-7-15(13-19)20(2)17-9-10-18-12-14-6-3-4-8-16(14)17/h3-4,6,8,15,17-18H,5,7,9-13H2,1-2H3. The number of piperidine rings is 1. The largest absolute Gasteiger partial charge is 0.313 e. The molecule has 3 nitrogen and oxygen atoms in total. The van der Waals surface area contributed by atoms with Crippen molar-refractivity contribution in [2.24, 2.45) is 0 Å². The average Bonchev–Trinajstić information content (AvgIpc) is 2.69. The highest BCUT2D eigenvalue weighted by molar-refractivity contribution is 5.31. The van der Waals surface area contributed by atoms with E-state index in [0.29, 0.717) is 12.1 Å². The summed E-state index contributed by atoms with van der Waals surface area (Å²) < 4.78 is 0. The van der Waals surface area contributed by atoms with Crippen LogP contribution in [0.1, 0.15) is 36.4 Å². The van der Waals surface area contributed by atoms with Crippen molar-refractivity contribution in [2.75, 3.05) is 33.7 Å². The smallest absolute Gasteiger partial charge is 0.0363 e. The van der Waals surface area contributed by atoms with Crippen LogP contribution in [-0.2, 0) is 6.54 Å². The van der Waals surface area contributed by atoms with E-state index in [1.807, 2.05) is 0 Å². The summed E-state index contributed by atoms with van der Waals surface area (Å²) in [6.45, 7) is 4.60. The summed E-state index contributed by atoms with van der Waals surface area (Å²) in [5, 5.41) is 3.56. The van der Waals surface area contributed by atoms with Crippen molar-refractivity contribution in [1.29, 1.82) is 0 Å². The number of nitrogens with one attached hydrogen (secondary N) is 1. The summed E-state index contributed by atoms with van der Waals surface area (Å²) in [6.07, 6.45) is 3.89. The van der Waals surface area contributed by atoms with E-state index in [4.69, 9.17) is 0 Å². The summed E-state index contributed by atoms with van der Waals surface area (Å²) in [4.78, 5) is 5.12. The lowest BCUT2D eigenvalue weighted by molar-refractivity contribution is 0.0952. The molecule has 2 unspecified atom stereocenters. The van der Waals surface area contributed by atoms with E-state index >= 15 is 0 Å². The molecule has 1 aromatic rings. The zero-order valence-corrected chi connectivity index (χ0v) is 12.8. The normalized spacial score (nSPS) is 28.1. The molecule has 0 spiro atoms. The molecule has 0 amide bonds. The van der Waals surface area contributed by atoms with Crippen LogP contribution in [0.4, 0.5) is 0 Å². The first-order valence-electron chi connectivity index (χ1n) is 7.94. The summed E-state index contributed by atoms with van der Waals surface area (Å²) in [5.41, 5.74) is 3.01. The molecule has 2 aliphatic rings. The Morgan fingerprint density at radius 1 is 1.25 bits per heavy atom. The van der Waals surface area contributed by atoms with Crippen LogP contribution in [0.5, 0.6) is 0 Å². The molecular weight excluding hydrogens is 246 g/mol. The van der Waals surface area contributed by atoms with Crippen LogP contribution in [0.15, 0.2) is 24.3 Å². The van der Waals surface area contributed by atoms with Crippen LogP contribution in [0.2, 0.25) is 0 Å². The number of benzene rings is 1. The number of rotatable bonds is 2. The maximum absolute atomic E-state index is 3.56. The second kappa shape index (κ2) is 6.25. The van der Waals surface area contributed by atoms with Crippen LogP contribution >= 0.6 is 0 Å². The second-order valence-corrected chi connectivity index (χ2v) is 6.40. The fourth-order valence-electron chi connectivity index (χ4n) is 3.79. The molecule has 1 N–H and O–H groups in total. The van der Waals surface area contributed by atoms with Gasteiger partial charge in [0.15, 0.2) is 0 Å². The van der Waals surface area contributed by atoms with E-state index in [1.54, 1.807) is 0 Å². The van der Waals surface area contributed by atoms with E-state index in [2.05, 4.69) is 53.5 Å². The van der Waals surface area contributed by atoms with Gasteiger partial charge in [0.2, 0.25) is 0 Å². The Morgan fingerprint density at radius 2 is 2.10 bits per heavy atom. The van der Waals surface area contributed by atoms with Crippen LogP contribution < -0.4 is 5.32 Å². The van der Waals surface area contributed by atoms with Crippen LogP contribution in [0.25, 0.3) is 0 Å². The van der Waals surface area contributed by atoms with Gasteiger partial charge in [-0.25, -0.2) is 0 Å². The van der Waals surface area contributed by atoms with Crippen molar-refractivity contribution in [3.63, 3.8) is 0 Å². The number of hydrogen-bond donors (Lipinski definition) is 1. The Kier molecular flexibility index (Phi) is 4.39. The highest BCUT2D eigenvalue weighted by atomic mass is 15.2. The van der Waals surface area contributed by atoms with Crippen molar-refractivity contribution in [1.82, 2.24) is 15.1 Å². The Balaban J connectivity index is 1.81. The quantitative estimate of drug-likeness (QED) is 0.891. The monoisotopic (exact) mass is 273 g/mol. The number of hydrogen-bond acceptors (Lipinski definition) is 3. The molecule has 0 saturated carbocycles. The van der Waals surface area contributed by atoms with Crippen molar-refractivity contribution in [3.8, 4) is 0 Å². The molecule has 2 aliphatic heterocycles. The molecule has 20 heavy (non-hydrogen) atoms. The van der Waals surface area contributed by atoms with Crippen molar-refractivity contribution < 1.29 is 0 Å². The lowest BCUT2D eigenvalue weighted by Crippen LogP contribution is -2.46. The minimum atomic E-state index is 0.567. The summed E-state index contributed by atoms with van der Waals surface area (Å²) in [7, 11) is 4.58. The molecule has 0 radical (unpaired) electrons. The first kappa shape index (κ1) is 14.1. The minimum absolute atomic E-state index is 0.567. The van der Waals surface area contributed by atoms with Crippen LogP contribution in [0, 0.1) is 0 Å². The second-order valence-electron chi connectivity index (χ2n) is 6.40. The summed E-state index contributed by atoms with van der Waals surface area (Å²) >= 11 is 0. The Morgan fingerprint density at radius 3 is 2.95 bits per heavy atom. The molecule has 0 aromatic heterocycles. The van der Waals surface area contributed by atoms with E-state index < -0.39 is 0 Å². The molecule has 3 heteroatoms. The van der Waals surface area contributed by atoms with Crippen LogP contribution in [0.3, 0.4) is 0 Å². The fourth-order valence-corrected chi connectivity index (χ4v) is 3.79. The third-order valence-corrected chi connectivity index (χ3v) is 4.99. The number of likely N-dealkylation sites (N-methyl/N-ethyl adjacent to an activating group) is 2. The number of fused-ring (bicyclic) bond motifs is 1. The first-order valence-corrected chi connectivity index (χ1v) is 7.94. The van der Waals surface area contributed by atoms with Crippen molar-refractivity contribution in [2.45, 2.75) is 37.9 Å². The van der Waals surface area contributed by atoms with E-state index in [1.165, 1.54) is 43.5 Å². The predicted molar refractivity (Wildman–Crippen MR) is 83.8 cm³/mol. The highest BCUT2D eigenvalue weighted by Crippen LogP contribution is 2.31. The topological polar surface area (TPSA) is 18.5 Å². The summed E-state index contributed by atoms with van der Waals surface area (Å²) in [5.74, 6) is 0. The average molecular weight is 273 g/mol. The van der Waals surface area contributed by atoms with Gasteiger partial charge < -0.3 is 10.2 Å². The molecule has 110 valence electrons. The molecule has 3 rings (SSSR count). The van der Waals surface area contributed by atoms with E-state index in [0.717, 1.165) is 13.1 Å². The number of likely N-dealkylation sites (tertiary alicyclic amines) is 1. The summed E-state index contributed by atoms with van der Waals surface area (Å²) in [6, 6.07) is 10.2. The third kappa shape index (κ3) is 2.90. The van der Waals surface area contributed by atoms with Crippen molar-refractivity contribution >= 4 is 0 Å². The van der Waals surface area contributed by atoms with Gasteiger partial charge in [-0.05, 0) is 57.6 Å². The Hall–Kier alpha value is -0.900. The van der Waals surface area contributed by atoms with Gasteiger partial charge in [0.1, 0.15) is 0 Å². The van der Waals surface area contributed by atoms with E-state index in [9.17, 15) is 0 Å². The SMILES string of the molecule is CN1CCCC(N(C)C2CCNCc3ccccc32)C1. The minimum Gasteiger partial charge on any atom is -0.313 e. The zero-order valence-electron chi connectivity index (χ0n) is 12.8. The lowest BCUT2D eigenvalue weighted by atomic mass is 9.95. The van der Waals surface area contributed by atoms with Gasteiger partial charge in [-0.2, -0.15) is 0 Å². The molecule has 1 aromatic carbocycles. The van der Waals surface area contributed by atoms with Gasteiger partial charge in [0.05, 0.1) is 0 Å². The van der Waals surface area contributed by atoms with Gasteiger partial charge in [0.25, 0.3) is 0 Å². The zero-order chi connectivity index (χ0) is 13.9. The molecule has 1 fully saturated rings. The Bertz CT molecular complexity index is 446. The van der Waals surface area contributed by atoms with Gasteiger partial charge >= 0.3 is 0 Å². The van der Waals surface area contributed by atoms with Gasteiger partial charge in [-0.1, -0.05) is 24.3 Å². The molecule has 0 bridgehead atoms. The molecule has 2 atom stereocenters. The van der Waals surface area contributed by atoms with Gasteiger partial charge in [-0.3, -0.25) is 4.90 Å². The van der Waals surface area contributed by atoms with Crippen molar-refractivity contribution in [3.05, 3.63) is 35.4 Å². The number of nitrogens with zero attached hydrogens (tertiary/aromatic N) is 2.